The third-order valence-electron chi connectivity index (χ3n) is 4.78. The summed E-state index contributed by atoms with van der Waals surface area (Å²) >= 11 is 1.36. The average Bonchev–Trinajstić information content (AvgIpc) is 3.07. The monoisotopic (exact) mass is 410 g/mol. The Labute approximate surface area is 175 Å². The highest BCUT2D eigenvalue weighted by Crippen LogP contribution is 2.20. The molecule has 7 heteroatoms. The van der Waals surface area contributed by atoms with E-state index in [1.807, 2.05) is 67.1 Å². The SMILES string of the molecule is Cc1ccc(OCc2nnc(SCC(=O)NC(C)c3ccccc3)n2C)cc1C. The molecular formula is C22H26N4O2S. The molecular weight excluding hydrogens is 384 g/mol. The number of ether oxygens (including phenoxy) is 1. The number of amides is 1. The molecule has 3 rings (SSSR count). The van der Waals surface area contributed by atoms with E-state index in [2.05, 4.69) is 29.4 Å². The molecule has 0 saturated heterocycles. The number of rotatable bonds is 8. The van der Waals surface area contributed by atoms with E-state index in [0.717, 1.165) is 11.3 Å². The summed E-state index contributed by atoms with van der Waals surface area (Å²) in [6.07, 6.45) is 0. The number of aromatic nitrogens is 3. The van der Waals surface area contributed by atoms with Gasteiger partial charge in [0.2, 0.25) is 5.91 Å². The number of hydrogen-bond donors (Lipinski definition) is 1. The maximum Gasteiger partial charge on any atom is 0.230 e. The van der Waals surface area contributed by atoms with Gasteiger partial charge in [-0.25, -0.2) is 0 Å². The largest absolute Gasteiger partial charge is 0.486 e. The molecule has 6 nitrogen and oxygen atoms in total. The molecule has 0 aliphatic carbocycles. The van der Waals surface area contributed by atoms with Crippen molar-refractivity contribution in [1.82, 2.24) is 20.1 Å². The van der Waals surface area contributed by atoms with E-state index in [-0.39, 0.29) is 17.7 Å². The van der Waals surface area contributed by atoms with E-state index < -0.39 is 0 Å². The van der Waals surface area contributed by atoms with Crippen LogP contribution in [0.25, 0.3) is 0 Å². The number of carbonyl (C=O) groups excluding carboxylic acids is 1. The van der Waals surface area contributed by atoms with Crippen LogP contribution in [0.2, 0.25) is 0 Å². The molecule has 1 atom stereocenters. The number of nitrogens with one attached hydrogen (secondary N) is 1. The van der Waals surface area contributed by atoms with Gasteiger partial charge in [0.25, 0.3) is 0 Å². The lowest BCUT2D eigenvalue weighted by Crippen LogP contribution is -2.28. The number of benzene rings is 2. The first-order valence-electron chi connectivity index (χ1n) is 9.49. The van der Waals surface area contributed by atoms with Crippen molar-refractivity contribution in [2.45, 2.75) is 38.6 Å². The fourth-order valence-electron chi connectivity index (χ4n) is 2.79. The standard InChI is InChI=1S/C22H26N4O2S/c1-15-10-11-19(12-16(15)2)28-13-20-24-25-22(26(20)4)29-14-21(27)23-17(3)18-8-6-5-7-9-18/h5-12,17H,13-14H2,1-4H3,(H,23,27). The van der Waals surface area contributed by atoms with E-state index in [1.54, 1.807) is 0 Å². The molecule has 1 unspecified atom stereocenters. The minimum Gasteiger partial charge on any atom is -0.486 e. The van der Waals surface area contributed by atoms with Gasteiger partial charge in [0, 0.05) is 7.05 Å². The quantitative estimate of drug-likeness (QED) is 0.569. The van der Waals surface area contributed by atoms with Crippen LogP contribution in [-0.2, 0) is 18.4 Å². The first-order chi connectivity index (χ1) is 13.9. The molecule has 1 heterocycles. The maximum absolute atomic E-state index is 12.3. The van der Waals surface area contributed by atoms with Gasteiger partial charge in [-0.1, -0.05) is 48.2 Å². The smallest absolute Gasteiger partial charge is 0.230 e. The normalized spacial score (nSPS) is 11.9. The Morgan fingerprint density at radius 2 is 1.90 bits per heavy atom. The lowest BCUT2D eigenvalue weighted by atomic mass is 10.1. The molecule has 2 aromatic carbocycles. The topological polar surface area (TPSA) is 69.0 Å². The van der Waals surface area contributed by atoms with Crippen LogP contribution in [0.5, 0.6) is 5.75 Å². The first-order valence-corrected chi connectivity index (χ1v) is 10.5. The highest BCUT2D eigenvalue weighted by Gasteiger charge is 2.14. The molecule has 3 aromatic rings. The van der Waals surface area contributed by atoms with Gasteiger partial charge < -0.3 is 14.6 Å². The van der Waals surface area contributed by atoms with E-state index in [1.165, 1.54) is 22.9 Å². The summed E-state index contributed by atoms with van der Waals surface area (Å²) in [6, 6.07) is 15.9. The Kier molecular flexibility index (Phi) is 6.93. The van der Waals surface area contributed by atoms with Gasteiger partial charge in [-0.15, -0.1) is 10.2 Å². The summed E-state index contributed by atoms with van der Waals surface area (Å²) in [5.74, 6) is 1.76. The predicted octanol–water partition coefficient (Wildman–Crippen LogP) is 3.98. The van der Waals surface area contributed by atoms with Crippen molar-refractivity contribution < 1.29 is 9.53 Å². The Bertz CT molecular complexity index is 972. The summed E-state index contributed by atoms with van der Waals surface area (Å²) in [4.78, 5) is 12.3. The van der Waals surface area contributed by atoms with Crippen molar-refractivity contribution in [1.29, 1.82) is 0 Å². The summed E-state index contributed by atoms with van der Waals surface area (Å²) in [6.45, 7) is 6.43. The van der Waals surface area contributed by atoms with Crippen molar-refractivity contribution in [2.24, 2.45) is 7.05 Å². The van der Waals surface area contributed by atoms with E-state index >= 15 is 0 Å². The van der Waals surface area contributed by atoms with Crippen LogP contribution in [0.4, 0.5) is 0 Å². The molecule has 0 aliphatic heterocycles. The van der Waals surface area contributed by atoms with Crippen molar-refractivity contribution in [3.8, 4) is 5.75 Å². The van der Waals surface area contributed by atoms with E-state index in [0.29, 0.717) is 17.6 Å². The average molecular weight is 411 g/mol. The number of nitrogens with zero attached hydrogens (tertiary/aromatic N) is 3. The van der Waals surface area contributed by atoms with Crippen LogP contribution in [-0.4, -0.2) is 26.4 Å². The third kappa shape index (κ3) is 5.60. The van der Waals surface area contributed by atoms with Crippen molar-refractivity contribution >= 4 is 17.7 Å². The maximum atomic E-state index is 12.3. The Morgan fingerprint density at radius 3 is 2.62 bits per heavy atom. The zero-order valence-corrected chi connectivity index (χ0v) is 18.0. The van der Waals surface area contributed by atoms with Gasteiger partial charge in [0.1, 0.15) is 12.4 Å². The molecule has 29 heavy (non-hydrogen) atoms. The summed E-state index contributed by atoms with van der Waals surface area (Å²) < 4.78 is 7.70. The lowest BCUT2D eigenvalue weighted by molar-refractivity contribution is -0.119. The second-order valence-electron chi connectivity index (χ2n) is 6.98. The van der Waals surface area contributed by atoms with Crippen LogP contribution in [0.1, 0.15) is 35.5 Å². The molecule has 0 bridgehead atoms. The van der Waals surface area contributed by atoms with Gasteiger partial charge >= 0.3 is 0 Å². The van der Waals surface area contributed by atoms with Crippen LogP contribution in [0.15, 0.2) is 53.7 Å². The molecule has 0 spiro atoms. The summed E-state index contributed by atoms with van der Waals surface area (Å²) in [5.41, 5.74) is 3.50. The molecule has 0 saturated carbocycles. The zero-order valence-electron chi connectivity index (χ0n) is 17.2. The van der Waals surface area contributed by atoms with Gasteiger partial charge in [-0.2, -0.15) is 0 Å². The van der Waals surface area contributed by atoms with Gasteiger partial charge in [-0.05, 0) is 49.6 Å². The minimum absolute atomic E-state index is 0.0364. The predicted molar refractivity (Wildman–Crippen MR) is 115 cm³/mol. The Balaban J connectivity index is 1.51. The zero-order chi connectivity index (χ0) is 20.8. The first kappa shape index (κ1) is 20.9. The van der Waals surface area contributed by atoms with Crippen molar-refractivity contribution in [3.63, 3.8) is 0 Å². The lowest BCUT2D eigenvalue weighted by Gasteiger charge is -2.14. The minimum atomic E-state index is -0.0396. The van der Waals surface area contributed by atoms with Crippen molar-refractivity contribution in [2.75, 3.05) is 5.75 Å². The molecule has 0 aliphatic rings. The highest BCUT2D eigenvalue weighted by atomic mass is 32.2. The molecule has 1 amide bonds. The fraction of sp³-hybridized carbons (Fsp3) is 0.318. The summed E-state index contributed by atoms with van der Waals surface area (Å²) in [7, 11) is 1.88. The number of thioether (sulfide) groups is 1. The number of carbonyl (C=O) groups is 1. The highest BCUT2D eigenvalue weighted by molar-refractivity contribution is 7.99. The second kappa shape index (κ2) is 9.60. The number of hydrogen-bond acceptors (Lipinski definition) is 5. The molecule has 0 fully saturated rings. The summed E-state index contributed by atoms with van der Waals surface area (Å²) in [5, 5.41) is 12.1. The van der Waals surface area contributed by atoms with Crippen LogP contribution in [0.3, 0.4) is 0 Å². The van der Waals surface area contributed by atoms with E-state index in [9.17, 15) is 4.79 Å². The van der Waals surface area contributed by atoms with Gasteiger partial charge in [-0.3, -0.25) is 4.79 Å². The van der Waals surface area contributed by atoms with Crippen molar-refractivity contribution in [3.05, 3.63) is 71.0 Å². The van der Waals surface area contributed by atoms with E-state index in [4.69, 9.17) is 4.74 Å². The number of aryl methyl sites for hydroxylation is 2. The van der Waals surface area contributed by atoms with Crippen LogP contribution < -0.4 is 10.1 Å². The third-order valence-corrected chi connectivity index (χ3v) is 5.80. The second-order valence-corrected chi connectivity index (χ2v) is 7.92. The molecule has 0 radical (unpaired) electrons. The van der Waals surface area contributed by atoms with Gasteiger partial charge in [0.05, 0.1) is 11.8 Å². The Morgan fingerprint density at radius 1 is 1.14 bits per heavy atom. The van der Waals surface area contributed by atoms with Gasteiger partial charge in [0.15, 0.2) is 11.0 Å². The molecule has 152 valence electrons. The molecule has 1 aromatic heterocycles. The Hall–Kier alpha value is -2.80. The molecule has 1 N–H and O–H groups in total. The van der Waals surface area contributed by atoms with Crippen LogP contribution >= 0.6 is 11.8 Å². The van der Waals surface area contributed by atoms with Crippen LogP contribution in [0, 0.1) is 13.8 Å². The fourth-order valence-corrected chi connectivity index (χ4v) is 3.53.